The Morgan fingerprint density at radius 3 is 2.34 bits per heavy atom. The highest BCUT2D eigenvalue weighted by Gasteiger charge is 2.43. The molecule has 0 bridgehead atoms. The molecule has 216 valence electrons. The molecule has 2 amide bonds. The van der Waals surface area contributed by atoms with E-state index in [4.69, 9.17) is 9.47 Å². The average molecular weight is 556 g/mol. The summed E-state index contributed by atoms with van der Waals surface area (Å²) in [4.78, 5) is 30.9. The predicted molar refractivity (Wildman–Crippen MR) is 161 cm³/mol. The number of carbonyl (C=O) groups excluding carboxylic acids is 2. The monoisotopic (exact) mass is 555 g/mol. The van der Waals surface area contributed by atoms with Gasteiger partial charge in [-0.05, 0) is 100 Å². The molecule has 0 unspecified atom stereocenters. The summed E-state index contributed by atoms with van der Waals surface area (Å²) >= 11 is 0. The number of hydrogen-bond acceptors (Lipinski definition) is 5. The number of nitrogens with zero attached hydrogens (tertiary/aromatic N) is 2. The van der Waals surface area contributed by atoms with Gasteiger partial charge >= 0.3 is 0 Å². The number of carbonyl (C=O) groups is 2. The van der Waals surface area contributed by atoms with E-state index in [-0.39, 0.29) is 17.2 Å². The third-order valence-corrected chi connectivity index (χ3v) is 8.36. The Balaban J connectivity index is 1.15. The number of piperidine rings is 1. The van der Waals surface area contributed by atoms with E-state index in [1.807, 2.05) is 78.6 Å². The molecule has 5 rings (SSSR count). The topological polar surface area (TPSA) is 71.1 Å². The Morgan fingerprint density at radius 1 is 0.878 bits per heavy atom. The minimum Gasteiger partial charge on any atom is -0.491 e. The van der Waals surface area contributed by atoms with Gasteiger partial charge in [0.1, 0.15) is 23.9 Å². The molecule has 7 heteroatoms. The number of likely N-dealkylation sites (N-methyl/N-ethyl adjacent to an activating group) is 1. The number of likely N-dealkylation sites (tertiary alicyclic amines) is 1. The molecule has 3 aromatic rings. The van der Waals surface area contributed by atoms with Crippen LogP contribution in [0.5, 0.6) is 17.2 Å². The molecule has 2 aliphatic heterocycles. The van der Waals surface area contributed by atoms with Crippen LogP contribution in [0.3, 0.4) is 0 Å². The second-order valence-corrected chi connectivity index (χ2v) is 11.1. The highest BCUT2D eigenvalue weighted by Crippen LogP contribution is 2.39. The molecule has 1 spiro atoms. The molecule has 1 fully saturated rings. The Labute approximate surface area is 243 Å². The molecule has 0 aromatic heterocycles. The van der Waals surface area contributed by atoms with Crippen LogP contribution in [0.2, 0.25) is 0 Å². The molecule has 1 N–H and O–H groups in total. The fourth-order valence-electron chi connectivity index (χ4n) is 5.98. The number of aryl methyl sites for hydroxylation is 1. The lowest BCUT2D eigenvalue weighted by Crippen LogP contribution is -2.52. The van der Waals surface area contributed by atoms with Crippen LogP contribution in [0, 0.1) is 5.41 Å². The zero-order valence-corrected chi connectivity index (χ0v) is 24.0. The van der Waals surface area contributed by atoms with Crippen LogP contribution >= 0.6 is 0 Å². The van der Waals surface area contributed by atoms with Crippen molar-refractivity contribution in [1.29, 1.82) is 0 Å². The predicted octanol–water partition coefficient (Wildman–Crippen LogP) is 6.15. The molecule has 0 aliphatic carbocycles. The quantitative estimate of drug-likeness (QED) is 0.395. The summed E-state index contributed by atoms with van der Waals surface area (Å²) in [5.74, 6) is 2.63. The summed E-state index contributed by atoms with van der Waals surface area (Å²) in [6.45, 7) is 5.59. The van der Waals surface area contributed by atoms with Crippen LogP contribution in [-0.4, -0.2) is 60.9 Å². The van der Waals surface area contributed by atoms with Crippen molar-refractivity contribution >= 4 is 17.5 Å². The van der Waals surface area contributed by atoms with Crippen LogP contribution in [0.1, 0.15) is 44.6 Å². The molecule has 2 aliphatic rings. The average Bonchev–Trinajstić information content (AvgIpc) is 3.00. The van der Waals surface area contributed by atoms with Crippen molar-refractivity contribution in [2.45, 2.75) is 45.4 Å². The molecule has 3 aromatic carbocycles. The van der Waals surface area contributed by atoms with Crippen LogP contribution < -0.4 is 14.8 Å². The van der Waals surface area contributed by atoms with Crippen molar-refractivity contribution in [2.24, 2.45) is 5.41 Å². The van der Waals surface area contributed by atoms with Crippen molar-refractivity contribution < 1.29 is 19.1 Å². The van der Waals surface area contributed by atoms with Gasteiger partial charge in [0, 0.05) is 12.2 Å². The maximum absolute atomic E-state index is 13.9. The molecule has 41 heavy (non-hydrogen) atoms. The van der Waals surface area contributed by atoms with E-state index in [1.54, 1.807) is 0 Å². The Kier molecular flexibility index (Phi) is 9.57. The van der Waals surface area contributed by atoms with E-state index in [0.717, 1.165) is 68.8 Å². The van der Waals surface area contributed by atoms with E-state index in [2.05, 4.69) is 22.3 Å². The molecule has 7 nitrogen and oxygen atoms in total. The van der Waals surface area contributed by atoms with Crippen molar-refractivity contribution in [1.82, 2.24) is 9.80 Å². The largest absolute Gasteiger partial charge is 0.491 e. The summed E-state index contributed by atoms with van der Waals surface area (Å²) in [7, 11) is 0. The smallest absolute Gasteiger partial charge is 0.238 e. The summed E-state index contributed by atoms with van der Waals surface area (Å²) < 4.78 is 11.9. The molecule has 0 saturated carbocycles. The Hall–Kier alpha value is -3.84. The summed E-state index contributed by atoms with van der Waals surface area (Å²) in [5.41, 5.74) is 1.62. The first-order chi connectivity index (χ1) is 20.0. The third-order valence-electron chi connectivity index (χ3n) is 8.36. The maximum atomic E-state index is 13.9. The third kappa shape index (κ3) is 7.47. The SMILES string of the molecule is CCN1CCOc2ccccc2CCCCC2(CCN(CC(=O)Nc3ccc(Oc4ccccc4)cc3)CC2)C1=O. The second kappa shape index (κ2) is 13.7. The van der Waals surface area contributed by atoms with Gasteiger partial charge in [0.2, 0.25) is 11.8 Å². The van der Waals surface area contributed by atoms with Gasteiger partial charge in [-0.2, -0.15) is 0 Å². The minimum absolute atomic E-state index is 0.0475. The standard InChI is InChI=1S/C34H41N3O4/c1-2-37-24-25-40-31-14-7-6-10-27(31)11-8-9-19-34(33(37)39)20-22-36(23-21-34)26-32(38)35-28-15-17-30(18-16-28)41-29-12-4-3-5-13-29/h3-7,10,12-18H,2,8-9,11,19-26H2,1H3,(H,35,38). The number of para-hydroxylation sites is 2. The number of hydrogen-bond donors (Lipinski definition) is 1. The molecule has 0 atom stereocenters. The molecular weight excluding hydrogens is 514 g/mol. The number of anilines is 1. The van der Waals surface area contributed by atoms with Crippen LogP contribution in [0.15, 0.2) is 78.9 Å². The zero-order valence-electron chi connectivity index (χ0n) is 24.0. The summed E-state index contributed by atoms with van der Waals surface area (Å²) in [5, 5.41) is 3.01. The van der Waals surface area contributed by atoms with E-state index < -0.39 is 0 Å². The van der Waals surface area contributed by atoms with Crippen molar-refractivity contribution in [2.75, 3.05) is 44.6 Å². The highest BCUT2D eigenvalue weighted by molar-refractivity contribution is 5.92. The van der Waals surface area contributed by atoms with E-state index in [1.165, 1.54) is 5.56 Å². The van der Waals surface area contributed by atoms with Crippen molar-refractivity contribution in [3.63, 3.8) is 0 Å². The normalized spacial score (nSPS) is 18.0. The number of ether oxygens (including phenoxy) is 2. The lowest BCUT2D eigenvalue weighted by atomic mass is 9.73. The van der Waals surface area contributed by atoms with Gasteiger partial charge in [-0.25, -0.2) is 0 Å². The molecule has 1 saturated heterocycles. The van der Waals surface area contributed by atoms with Crippen LogP contribution in [-0.2, 0) is 16.0 Å². The van der Waals surface area contributed by atoms with Gasteiger partial charge in [0.25, 0.3) is 0 Å². The number of benzene rings is 3. The first-order valence-electron chi connectivity index (χ1n) is 14.9. The van der Waals surface area contributed by atoms with Gasteiger partial charge in [-0.3, -0.25) is 14.5 Å². The highest BCUT2D eigenvalue weighted by atomic mass is 16.5. The Bertz CT molecular complexity index is 1290. The molecular formula is C34H41N3O4. The lowest BCUT2D eigenvalue weighted by Gasteiger charge is -2.43. The Morgan fingerprint density at radius 2 is 1.59 bits per heavy atom. The van der Waals surface area contributed by atoms with Gasteiger partial charge in [-0.1, -0.05) is 42.8 Å². The molecule has 2 heterocycles. The van der Waals surface area contributed by atoms with Gasteiger partial charge in [-0.15, -0.1) is 0 Å². The van der Waals surface area contributed by atoms with Gasteiger partial charge in [0.05, 0.1) is 18.5 Å². The summed E-state index contributed by atoms with van der Waals surface area (Å²) in [6, 6.07) is 25.3. The van der Waals surface area contributed by atoms with Crippen LogP contribution in [0.4, 0.5) is 5.69 Å². The number of fused-ring (bicyclic) bond motifs is 1. The summed E-state index contributed by atoms with van der Waals surface area (Å²) in [6.07, 6.45) is 5.44. The number of nitrogens with one attached hydrogen (secondary N) is 1. The van der Waals surface area contributed by atoms with Crippen LogP contribution in [0.25, 0.3) is 0 Å². The zero-order chi connectivity index (χ0) is 28.5. The lowest BCUT2D eigenvalue weighted by molar-refractivity contribution is -0.146. The first-order valence-corrected chi connectivity index (χ1v) is 14.9. The van der Waals surface area contributed by atoms with E-state index in [9.17, 15) is 9.59 Å². The number of rotatable bonds is 6. The van der Waals surface area contributed by atoms with Gasteiger partial charge < -0.3 is 19.7 Å². The second-order valence-electron chi connectivity index (χ2n) is 11.1. The first kappa shape index (κ1) is 28.7. The van der Waals surface area contributed by atoms with Crippen molar-refractivity contribution in [3.8, 4) is 17.2 Å². The minimum atomic E-state index is -0.365. The molecule has 0 radical (unpaired) electrons. The van der Waals surface area contributed by atoms with E-state index in [0.29, 0.717) is 32.0 Å². The van der Waals surface area contributed by atoms with E-state index >= 15 is 0 Å². The fourth-order valence-corrected chi connectivity index (χ4v) is 5.98. The number of amides is 2. The fraction of sp³-hybridized carbons (Fsp3) is 0.412. The van der Waals surface area contributed by atoms with Gasteiger partial charge in [0.15, 0.2) is 0 Å². The maximum Gasteiger partial charge on any atom is 0.238 e. The van der Waals surface area contributed by atoms with Crippen molar-refractivity contribution in [3.05, 3.63) is 84.4 Å².